The molecule has 0 aliphatic heterocycles. The summed E-state index contributed by atoms with van der Waals surface area (Å²) in [5.74, 6) is -0.514. The summed E-state index contributed by atoms with van der Waals surface area (Å²) in [5.41, 5.74) is -0.346. The van der Waals surface area contributed by atoms with Gasteiger partial charge in [-0.15, -0.1) is 0 Å². The van der Waals surface area contributed by atoms with E-state index in [9.17, 15) is 4.79 Å². The fraction of sp³-hybridized carbons (Fsp3) is 0.727. The predicted octanol–water partition coefficient (Wildman–Crippen LogP) is 1.82. The molecule has 0 rings (SSSR count). The van der Waals surface area contributed by atoms with E-state index in [4.69, 9.17) is 19.2 Å². The fourth-order valence-electron chi connectivity index (χ4n) is 0.712. The maximum atomic E-state index is 10.8. The van der Waals surface area contributed by atoms with Crippen LogP contribution in [-0.2, 0) is 24.0 Å². The van der Waals surface area contributed by atoms with Gasteiger partial charge < -0.3 is 9.47 Å². The molecule has 0 spiro atoms. The van der Waals surface area contributed by atoms with Crippen molar-refractivity contribution in [1.29, 1.82) is 0 Å². The van der Waals surface area contributed by atoms with Gasteiger partial charge in [0, 0.05) is 6.08 Å². The molecule has 0 N–H and O–H groups in total. The highest BCUT2D eigenvalue weighted by Gasteiger charge is 2.11. The number of esters is 1. The Bertz CT molecular complexity index is 219. The number of rotatable bonds is 7. The average Bonchev–Trinajstić information content (AvgIpc) is 2.15. The third kappa shape index (κ3) is 9.64. The van der Waals surface area contributed by atoms with Crippen molar-refractivity contribution < 1.29 is 24.0 Å². The molecule has 0 aromatic rings. The smallest absolute Gasteiger partial charge is 0.332 e. The lowest BCUT2D eigenvalue weighted by Gasteiger charge is -2.18. The van der Waals surface area contributed by atoms with Crippen molar-refractivity contribution in [2.24, 2.45) is 0 Å². The Balaban J connectivity index is 3.45. The lowest BCUT2D eigenvalue weighted by molar-refractivity contribution is -0.353. The number of carbonyl (C=O) groups is 1. The molecule has 16 heavy (non-hydrogen) atoms. The van der Waals surface area contributed by atoms with Gasteiger partial charge in [0.1, 0.15) is 6.61 Å². The summed E-state index contributed by atoms with van der Waals surface area (Å²) < 4.78 is 9.90. The van der Waals surface area contributed by atoms with E-state index in [-0.39, 0.29) is 18.8 Å². The van der Waals surface area contributed by atoms with Crippen molar-refractivity contribution in [2.45, 2.75) is 39.6 Å². The Hall–Kier alpha value is -0.910. The molecule has 0 bridgehead atoms. The van der Waals surface area contributed by atoms with Gasteiger partial charge in [-0.05, 0) is 27.7 Å². The second-order valence-electron chi connectivity index (χ2n) is 4.10. The summed E-state index contributed by atoms with van der Waals surface area (Å²) in [6.45, 7) is 11.1. The quantitative estimate of drug-likeness (QED) is 0.167. The Morgan fingerprint density at radius 3 is 2.50 bits per heavy atom. The number of ether oxygens (including phenoxy) is 2. The minimum Gasteiger partial charge on any atom is -0.433 e. The van der Waals surface area contributed by atoms with Gasteiger partial charge in [0.2, 0.25) is 6.29 Å². The van der Waals surface area contributed by atoms with Crippen molar-refractivity contribution in [3.05, 3.63) is 12.7 Å². The molecule has 0 aliphatic rings. The molecule has 0 aromatic carbocycles. The van der Waals surface area contributed by atoms with Gasteiger partial charge in [0.15, 0.2) is 0 Å². The van der Waals surface area contributed by atoms with Crippen LogP contribution in [0.15, 0.2) is 12.7 Å². The molecule has 0 aromatic heterocycles. The van der Waals surface area contributed by atoms with Crippen molar-refractivity contribution in [3.8, 4) is 0 Å². The zero-order chi connectivity index (χ0) is 12.6. The number of carbonyl (C=O) groups excluding carboxylic acids is 1. The van der Waals surface area contributed by atoms with Crippen LogP contribution in [0.2, 0.25) is 0 Å². The van der Waals surface area contributed by atoms with Crippen LogP contribution in [0.1, 0.15) is 27.7 Å². The summed E-state index contributed by atoms with van der Waals surface area (Å²) in [6.07, 6.45) is 0.461. The van der Waals surface area contributed by atoms with Crippen LogP contribution in [0, 0.1) is 0 Å². The minimum atomic E-state index is -0.622. The van der Waals surface area contributed by atoms with Gasteiger partial charge in [0.05, 0.1) is 12.2 Å². The molecule has 0 heterocycles. The highest BCUT2D eigenvalue weighted by Crippen LogP contribution is 2.06. The Morgan fingerprint density at radius 1 is 1.38 bits per heavy atom. The SMILES string of the molecule is C=CC(=O)O[C@@H](C)OCCOOC(C)(C)C. The van der Waals surface area contributed by atoms with Gasteiger partial charge in [-0.3, -0.25) is 0 Å². The molecule has 0 amide bonds. The second kappa shape index (κ2) is 7.38. The minimum absolute atomic E-state index is 0.271. The first-order valence-electron chi connectivity index (χ1n) is 5.10. The van der Waals surface area contributed by atoms with Crippen LogP contribution >= 0.6 is 0 Å². The zero-order valence-electron chi connectivity index (χ0n) is 10.3. The monoisotopic (exact) mass is 232 g/mol. The molecule has 0 unspecified atom stereocenters. The standard InChI is InChI=1S/C11H20O5/c1-6-10(12)15-9(2)13-7-8-14-16-11(3,4)5/h6,9H,1,7-8H2,2-5H3/t9-/m0/s1. The van der Waals surface area contributed by atoms with Gasteiger partial charge in [0.25, 0.3) is 0 Å². The van der Waals surface area contributed by atoms with Gasteiger partial charge in [-0.1, -0.05) is 6.58 Å². The molecule has 0 saturated carbocycles. The lowest BCUT2D eigenvalue weighted by atomic mass is 10.2. The van der Waals surface area contributed by atoms with Crippen molar-refractivity contribution >= 4 is 5.97 Å². The lowest BCUT2D eigenvalue weighted by Crippen LogP contribution is -2.22. The molecular formula is C11H20O5. The van der Waals surface area contributed by atoms with E-state index in [0.29, 0.717) is 0 Å². The Labute approximate surface area is 96.2 Å². The largest absolute Gasteiger partial charge is 0.433 e. The number of hydrogen-bond acceptors (Lipinski definition) is 5. The maximum Gasteiger partial charge on any atom is 0.332 e. The number of hydrogen-bond donors (Lipinski definition) is 0. The first-order chi connectivity index (χ1) is 7.35. The molecule has 0 fully saturated rings. The van der Waals surface area contributed by atoms with Crippen LogP contribution in [0.25, 0.3) is 0 Å². The molecule has 5 nitrogen and oxygen atoms in total. The molecular weight excluding hydrogens is 212 g/mol. The fourth-order valence-corrected chi connectivity index (χ4v) is 0.712. The highest BCUT2D eigenvalue weighted by atomic mass is 17.2. The first-order valence-corrected chi connectivity index (χ1v) is 5.10. The van der Waals surface area contributed by atoms with Crippen molar-refractivity contribution in [1.82, 2.24) is 0 Å². The predicted molar refractivity (Wildman–Crippen MR) is 58.5 cm³/mol. The summed E-state index contributed by atoms with van der Waals surface area (Å²) in [6, 6.07) is 0. The van der Waals surface area contributed by atoms with Crippen molar-refractivity contribution in [2.75, 3.05) is 13.2 Å². The second-order valence-corrected chi connectivity index (χ2v) is 4.10. The van der Waals surface area contributed by atoms with Gasteiger partial charge >= 0.3 is 5.97 Å². The van der Waals surface area contributed by atoms with E-state index in [1.807, 2.05) is 20.8 Å². The first kappa shape index (κ1) is 15.1. The molecule has 0 radical (unpaired) electrons. The van der Waals surface area contributed by atoms with Crippen molar-refractivity contribution in [3.63, 3.8) is 0 Å². The highest BCUT2D eigenvalue weighted by molar-refractivity contribution is 5.81. The molecule has 0 aliphatic carbocycles. The van der Waals surface area contributed by atoms with E-state index in [2.05, 4.69) is 6.58 Å². The molecule has 0 saturated heterocycles. The van der Waals surface area contributed by atoms with Crippen LogP contribution in [0.4, 0.5) is 0 Å². The Morgan fingerprint density at radius 2 is 2.00 bits per heavy atom. The third-order valence-corrected chi connectivity index (χ3v) is 1.28. The van der Waals surface area contributed by atoms with E-state index >= 15 is 0 Å². The van der Waals surface area contributed by atoms with E-state index < -0.39 is 12.3 Å². The summed E-state index contributed by atoms with van der Waals surface area (Å²) in [4.78, 5) is 20.7. The van der Waals surface area contributed by atoms with E-state index in [1.165, 1.54) is 0 Å². The van der Waals surface area contributed by atoms with Gasteiger partial charge in [-0.2, -0.15) is 0 Å². The van der Waals surface area contributed by atoms with Crippen LogP contribution < -0.4 is 0 Å². The molecule has 94 valence electrons. The Kier molecular flexibility index (Phi) is 6.96. The van der Waals surface area contributed by atoms with Gasteiger partial charge in [-0.25, -0.2) is 14.6 Å². The topological polar surface area (TPSA) is 54.0 Å². The van der Waals surface area contributed by atoms with E-state index in [1.54, 1.807) is 6.92 Å². The van der Waals surface area contributed by atoms with Crippen LogP contribution in [-0.4, -0.2) is 31.1 Å². The summed E-state index contributed by atoms with van der Waals surface area (Å²) in [5, 5.41) is 0. The van der Waals surface area contributed by atoms with Crippen LogP contribution in [0.3, 0.4) is 0 Å². The summed E-state index contributed by atoms with van der Waals surface area (Å²) >= 11 is 0. The maximum absolute atomic E-state index is 10.8. The zero-order valence-corrected chi connectivity index (χ0v) is 10.3. The molecule has 1 atom stereocenters. The van der Waals surface area contributed by atoms with Crippen LogP contribution in [0.5, 0.6) is 0 Å². The average molecular weight is 232 g/mol. The summed E-state index contributed by atoms with van der Waals surface area (Å²) in [7, 11) is 0. The van der Waals surface area contributed by atoms with E-state index in [0.717, 1.165) is 6.08 Å². The molecule has 5 heteroatoms. The normalized spacial score (nSPS) is 13.2. The third-order valence-electron chi connectivity index (χ3n) is 1.28.